The molecule has 1 amide bonds. The SMILES string of the molecule is CCCCCC(CCC)NC(=O)S. The van der Waals surface area contributed by atoms with Crippen LogP contribution in [-0.4, -0.2) is 11.3 Å². The van der Waals surface area contributed by atoms with Gasteiger partial charge in [0.15, 0.2) is 0 Å². The average molecular weight is 203 g/mol. The number of thiol groups is 1. The first-order valence-electron chi connectivity index (χ1n) is 5.20. The summed E-state index contributed by atoms with van der Waals surface area (Å²) in [4.78, 5) is 10.7. The number of carbonyl (C=O) groups is 1. The van der Waals surface area contributed by atoms with Crippen molar-refractivity contribution in [2.75, 3.05) is 0 Å². The highest BCUT2D eigenvalue weighted by Gasteiger charge is 2.07. The molecule has 0 aromatic carbocycles. The predicted octanol–water partition coefficient (Wildman–Crippen LogP) is 3.37. The lowest BCUT2D eigenvalue weighted by Crippen LogP contribution is -2.30. The van der Waals surface area contributed by atoms with E-state index in [1.165, 1.54) is 19.3 Å². The first-order chi connectivity index (χ1) is 6.20. The first kappa shape index (κ1) is 12.8. The number of hydrogen-bond acceptors (Lipinski definition) is 1. The van der Waals surface area contributed by atoms with Gasteiger partial charge in [-0.1, -0.05) is 52.2 Å². The van der Waals surface area contributed by atoms with Crippen molar-refractivity contribution >= 4 is 17.9 Å². The van der Waals surface area contributed by atoms with Crippen LogP contribution in [0.5, 0.6) is 0 Å². The van der Waals surface area contributed by atoms with Crippen molar-refractivity contribution in [1.82, 2.24) is 5.32 Å². The Bertz CT molecular complexity index is 139. The van der Waals surface area contributed by atoms with Gasteiger partial charge in [0, 0.05) is 6.04 Å². The van der Waals surface area contributed by atoms with Gasteiger partial charge in [0.2, 0.25) is 0 Å². The van der Waals surface area contributed by atoms with Crippen LogP contribution in [0.25, 0.3) is 0 Å². The molecule has 0 aromatic rings. The molecular formula is C10H21NOS. The zero-order valence-electron chi connectivity index (χ0n) is 8.68. The zero-order chi connectivity index (χ0) is 10.1. The molecule has 0 spiro atoms. The van der Waals surface area contributed by atoms with Crippen molar-refractivity contribution in [3.63, 3.8) is 0 Å². The number of amides is 1. The van der Waals surface area contributed by atoms with E-state index in [9.17, 15) is 4.79 Å². The van der Waals surface area contributed by atoms with Crippen LogP contribution in [0.15, 0.2) is 0 Å². The van der Waals surface area contributed by atoms with Crippen LogP contribution < -0.4 is 5.32 Å². The van der Waals surface area contributed by atoms with Gasteiger partial charge in [-0.25, -0.2) is 0 Å². The normalized spacial score (nSPS) is 12.5. The van der Waals surface area contributed by atoms with E-state index < -0.39 is 0 Å². The van der Waals surface area contributed by atoms with Gasteiger partial charge in [0.25, 0.3) is 5.24 Å². The minimum Gasteiger partial charge on any atom is -0.344 e. The summed E-state index contributed by atoms with van der Waals surface area (Å²) in [5.74, 6) is 0. The summed E-state index contributed by atoms with van der Waals surface area (Å²) in [6.07, 6.45) is 6.96. The molecule has 0 saturated carbocycles. The molecule has 78 valence electrons. The molecule has 1 N–H and O–H groups in total. The number of hydrogen-bond donors (Lipinski definition) is 2. The molecule has 0 aliphatic rings. The van der Waals surface area contributed by atoms with Crippen LogP contribution in [0.1, 0.15) is 52.4 Å². The molecule has 2 nitrogen and oxygen atoms in total. The third-order valence-electron chi connectivity index (χ3n) is 2.12. The van der Waals surface area contributed by atoms with Crippen molar-refractivity contribution in [2.24, 2.45) is 0 Å². The molecule has 0 rings (SSSR count). The standard InChI is InChI=1S/C10H21NOS/c1-3-5-6-8-9(7-4-2)11-10(12)13/h9H,3-8H2,1-2H3,(H2,11,12,13). The highest BCUT2D eigenvalue weighted by molar-refractivity contribution is 7.96. The lowest BCUT2D eigenvalue weighted by Gasteiger charge is -2.15. The average Bonchev–Trinajstić information content (AvgIpc) is 2.04. The largest absolute Gasteiger partial charge is 0.344 e. The maximum Gasteiger partial charge on any atom is 0.276 e. The fourth-order valence-electron chi connectivity index (χ4n) is 1.45. The lowest BCUT2D eigenvalue weighted by molar-refractivity contribution is 0.255. The fourth-order valence-corrected chi connectivity index (χ4v) is 1.64. The van der Waals surface area contributed by atoms with Crippen molar-refractivity contribution in [1.29, 1.82) is 0 Å². The van der Waals surface area contributed by atoms with Crippen molar-refractivity contribution < 1.29 is 4.79 Å². The Balaban J connectivity index is 3.59. The lowest BCUT2D eigenvalue weighted by atomic mass is 10.0. The monoisotopic (exact) mass is 203 g/mol. The molecule has 0 bridgehead atoms. The predicted molar refractivity (Wildman–Crippen MR) is 60.4 cm³/mol. The molecule has 0 aliphatic heterocycles. The molecule has 0 saturated heterocycles. The Hall–Kier alpha value is -0.180. The fraction of sp³-hybridized carbons (Fsp3) is 0.900. The van der Waals surface area contributed by atoms with Crippen LogP contribution in [0, 0.1) is 0 Å². The maximum atomic E-state index is 10.7. The molecule has 1 atom stereocenters. The van der Waals surface area contributed by atoms with Crippen LogP contribution >= 0.6 is 12.6 Å². The summed E-state index contributed by atoms with van der Waals surface area (Å²) < 4.78 is 0. The van der Waals surface area contributed by atoms with Crippen LogP contribution in [0.3, 0.4) is 0 Å². The summed E-state index contributed by atoms with van der Waals surface area (Å²) in [5.41, 5.74) is 0. The summed E-state index contributed by atoms with van der Waals surface area (Å²) in [6, 6.07) is 0.335. The van der Waals surface area contributed by atoms with Gasteiger partial charge in [-0.3, -0.25) is 4.79 Å². The maximum absolute atomic E-state index is 10.7. The van der Waals surface area contributed by atoms with Gasteiger partial charge in [-0.05, 0) is 12.8 Å². The molecule has 0 radical (unpaired) electrons. The number of nitrogens with one attached hydrogen (secondary N) is 1. The van der Waals surface area contributed by atoms with Crippen molar-refractivity contribution in [3.8, 4) is 0 Å². The Kier molecular flexibility index (Phi) is 8.30. The Morgan fingerprint density at radius 2 is 1.92 bits per heavy atom. The topological polar surface area (TPSA) is 29.1 Å². The van der Waals surface area contributed by atoms with Crippen molar-refractivity contribution in [3.05, 3.63) is 0 Å². The van der Waals surface area contributed by atoms with Gasteiger partial charge in [-0.2, -0.15) is 0 Å². The van der Waals surface area contributed by atoms with E-state index in [2.05, 4.69) is 31.8 Å². The molecule has 0 fully saturated rings. The van der Waals surface area contributed by atoms with E-state index in [1.54, 1.807) is 0 Å². The Morgan fingerprint density at radius 3 is 2.38 bits per heavy atom. The van der Waals surface area contributed by atoms with Gasteiger partial charge in [-0.15, -0.1) is 0 Å². The van der Waals surface area contributed by atoms with Crippen LogP contribution in [0.4, 0.5) is 4.79 Å². The van der Waals surface area contributed by atoms with E-state index in [0.717, 1.165) is 19.3 Å². The van der Waals surface area contributed by atoms with E-state index in [1.807, 2.05) is 0 Å². The number of rotatable bonds is 7. The highest BCUT2D eigenvalue weighted by atomic mass is 32.1. The van der Waals surface area contributed by atoms with E-state index in [-0.39, 0.29) is 5.24 Å². The Morgan fingerprint density at radius 1 is 1.23 bits per heavy atom. The molecule has 1 unspecified atom stereocenters. The second kappa shape index (κ2) is 8.42. The van der Waals surface area contributed by atoms with Crippen LogP contribution in [-0.2, 0) is 0 Å². The molecular weight excluding hydrogens is 182 g/mol. The summed E-state index contributed by atoms with van der Waals surface area (Å²) in [5, 5.41) is 2.67. The van der Waals surface area contributed by atoms with Crippen LogP contribution in [0.2, 0.25) is 0 Å². The van der Waals surface area contributed by atoms with E-state index in [4.69, 9.17) is 0 Å². The highest BCUT2D eigenvalue weighted by Crippen LogP contribution is 2.08. The third kappa shape index (κ3) is 8.16. The Labute approximate surface area is 86.9 Å². The summed E-state index contributed by atoms with van der Waals surface area (Å²) >= 11 is 3.73. The first-order valence-corrected chi connectivity index (χ1v) is 5.64. The smallest absolute Gasteiger partial charge is 0.276 e. The minimum absolute atomic E-state index is 0.199. The van der Waals surface area contributed by atoms with Gasteiger partial charge >= 0.3 is 0 Å². The van der Waals surface area contributed by atoms with Gasteiger partial charge in [0.1, 0.15) is 0 Å². The molecule has 0 heterocycles. The molecule has 3 heteroatoms. The van der Waals surface area contributed by atoms with Gasteiger partial charge in [0.05, 0.1) is 0 Å². The molecule has 0 aliphatic carbocycles. The molecule has 13 heavy (non-hydrogen) atoms. The summed E-state index contributed by atoms with van der Waals surface area (Å²) in [6.45, 7) is 4.32. The van der Waals surface area contributed by atoms with E-state index in [0.29, 0.717) is 6.04 Å². The number of carbonyl (C=O) groups excluding carboxylic acids is 1. The van der Waals surface area contributed by atoms with E-state index >= 15 is 0 Å². The number of unbranched alkanes of at least 4 members (excludes halogenated alkanes) is 2. The van der Waals surface area contributed by atoms with Gasteiger partial charge < -0.3 is 5.32 Å². The second-order valence-corrected chi connectivity index (χ2v) is 3.84. The zero-order valence-corrected chi connectivity index (χ0v) is 9.57. The molecule has 0 aromatic heterocycles. The third-order valence-corrected chi connectivity index (χ3v) is 2.25. The van der Waals surface area contributed by atoms with Crippen molar-refractivity contribution in [2.45, 2.75) is 58.4 Å². The second-order valence-electron chi connectivity index (χ2n) is 3.43. The summed E-state index contributed by atoms with van der Waals surface area (Å²) in [7, 11) is 0. The quantitative estimate of drug-likeness (QED) is 0.482. The minimum atomic E-state index is -0.199.